The molecule has 0 saturated carbocycles. The molecule has 0 unspecified atom stereocenters. The van der Waals surface area contributed by atoms with Crippen molar-refractivity contribution in [2.75, 3.05) is 20.8 Å². The molecule has 0 bridgehead atoms. The third kappa shape index (κ3) is 1.82. The Morgan fingerprint density at radius 3 is 2.29 bits per heavy atom. The Morgan fingerprint density at radius 2 is 1.57 bits per heavy atom. The number of methoxy groups -OCH3 is 2. The summed E-state index contributed by atoms with van der Waals surface area (Å²) >= 11 is 0. The molecule has 21 heavy (non-hydrogen) atoms. The number of benzene rings is 2. The maximum atomic E-state index is 6.15. The second-order valence-electron chi connectivity index (χ2n) is 5.26. The Kier molecular flexibility index (Phi) is 2.70. The van der Waals surface area contributed by atoms with Crippen LogP contribution in [0.4, 0.5) is 0 Å². The molecule has 4 heteroatoms. The van der Waals surface area contributed by atoms with Crippen LogP contribution in [-0.4, -0.2) is 20.8 Å². The molecule has 4 rings (SSSR count). The molecule has 0 aliphatic carbocycles. The van der Waals surface area contributed by atoms with Crippen LogP contribution in [0.2, 0.25) is 0 Å². The highest BCUT2D eigenvalue weighted by Crippen LogP contribution is 2.52. The van der Waals surface area contributed by atoms with Gasteiger partial charge in [0.25, 0.3) is 0 Å². The molecule has 0 saturated heterocycles. The van der Waals surface area contributed by atoms with E-state index in [2.05, 4.69) is 6.07 Å². The molecule has 0 N–H and O–H groups in total. The van der Waals surface area contributed by atoms with Crippen LogP contribution in [0.5, 0.6) is 23.0 Å². The highest BCUT2D eigenvalue weighted by atomic mass is 16.5. The molecule has 2 aliphatic heterocycles. The van der Waals surface area contributed by atoms with Gasteiger partial charge in [-0.05, 0) is 18.2 Å². The van der Waals surface area contributed by atoms with Crippen molar-refractivity contribution in [2.24, 2.45) is 0 Å². The van der Waals surface area contributed by atoms with E-state index >= 15 is 0 Å². The van der Waals surface area contributed by atoms with Crippen LogP contribution in [-0.2, 0) is 0 Å². The van der Waals surface area contributed by atoms with Gasteiger partial charge in [0, 0.05) is 23.3 Å². The number of hydrogen-bond acceptors (Lipinski definition) is 4. The van der Waals surface area contributed by atoms with Crippen LogP contribution in [0.3, 0.4) is 0 Å². The van der Waals surface area contributed by atoms with E-state index in [0.717, 1.165) is 28.6 Å². The van der Waals surface area contributed by atoms with Crippen LogP contribution < -0.4 is 18.9 Å². The second kappa shape index (κ2) is 4.58. The molecule has 0 radical (unpaired) electrons. The topological polar surface area (TPSA) is 36.9 Å². The van der Waals surface area contributed by atoms with Crippen molar-refractivity contribution in [2.45, 2.75) is 12.0 Å². The first-order valence-electron chi connectivity index (χ1n) is 6.95. The lowest BCUT2D eigenvalue weighted by Crippen LogP contribution is -2.23. The fourth-order valence-corrected chi connectivity index (χ4v) is 3.07. The zero-order chi connectivity index (χ0) is 14.4. The molecular weight excluding hydrogens is 268 g/mol. The van der Waals surface area contributed by atoms with E-state index in [1.807, 2.05) is 30.3 Å². The number of rotatable bonds is 2. The van der Waals surface area contributed by atoms with Crippen LogP contribution in [0.15, 0.2) is 36.4 Å². The van der Waals surface area contributed by atoms with Gasteiger partial charge >= 0.3 is 0 Å². The molecule has 2 aliphatic rings. The molecule has 0 spiro atoms. The summed E-state index contributed by atoms with van der Waals surface area (Å²) in [5, 5.41) is 0. The minimum absolute atomic E-state index is 0.00163. The summed E-state index contributed by atoms with van der Waals surface area (Å²) in [5.41, 5.74) is 2.25. The van der Waals surface area contributed by atoms with E-state index in [1.165, 1.54) is 5.56 Å². The summed E-state index contributed by atoms with van der Waals surface area (Å²) in [6, 6.07) is 11.9. The minimum atomic E-state index is 0.00163. The highest BCUT2D eigenvalue weighted by molar-refractivity contribution is 5.52. The number of hydrogen-bond donors (Lipinski definition) is 0. The quantitative estimate of drug-likeness (QED) is 0.847. The Balaban J connectivity index is 1.74. The molecule has 2 heterocycles. The summed E-state index contributed by atoms with van der Waals surface area (Å²) in [4.78, 5) is 0. The van der Waals surface area contributed by atoms with Crippen molar-refractivity contribution < 1.29 is 18.9 Å². The lowest BCUT2D eigenvalue weighted by molar-refractivity contribution is 0.139. The van der Waals surface area contributed by atoms with Crippen molar-refractivity contribution in [3.05, 3.63) is 47.5 Å². The lowest BCUT2D eigenvalue weighted by atomic mass is 9.89. The molecule has 0 fully saturated rings. The predicted molar refractivity (Wildman–Crippen MR) is 77.6 cm³/mol. The number of fused-ring (bicyclic) bond motifs is 5. The summed E-state index contributed by atoms with van der Waals surface area (Å²) in [6.45, 7) is 0.615. The number of ether oxygens (including phenoxy) is 4. The first-order valence-corrected chi connectivity index (χ1v) is 6.95. The van der Waals surface area contributed by atoms with E-state index in [4.69, 9.17) is 18.9 Å². The Bertz CT molecular complexity index is 695. The predicted octanol–water partition coefficient (Wildman–Crippen LogP) is 3.31. The van der Waals surface area contributed by atoms with E-state index in [9.17, 15) is 0 Å². The van der Waals surface area contributed by atoms with Gasteiger partial charge in [-0.15, -0.1) is 0 Å². The fraction of sp³-hybridized carbons (Fsp3) is 0.294. The van der Waals surface area contributed by atoms with Gasteiger partial charge in [0.1, 0.15) is 29.1 Å². The van der Waals surface area contributed by atoms with Gasteiger partial charge in [-0.2, -0.15) is 0 Å². The SMILES string of the molecule is COc1ccc2c(c1)O[C@H]1c3ccc(OC)cc3OC[C@H]21. The summed E-state index contributed by atoms with van der Waals surface area (Å²) < 4.78 is 22.6. The van der Waals surface area contributed by atoms with Crippen LogP contribution in [0.25, 0.3) is 0 Å². The largest absolute Gasteiger partial charge is 0.497 e. The Labute approximate surface area is 123 Å². The van der Waals surface area contributed by atoms with Crippen LogP contribution in [0, 0.1) is 0 Å². The normalized spacial score (nSPS) is 21.4. The monoisotopic (exact) mass is 284 g/mol. The van der Waals surface area contributed by atoms with Crippen LogP contribution >= 0.6 is 0 Å². The average Bonchev–Trinajstić information content (AvgIpc) is 2.92. The molecule has 2 aromatic rings. The molecular formula is C17H16O4. The van der Waals surface area contributed by atoms with Crippen molar-refractivity contribution >= 4 is 0 Å². The van der Waals surface area contributed by atoms with Crippen molar-refractivity contribution in [3.8, 4) is 23.0 Å². The zero-order valence-corrected chi connectivity index (χ0v) is 12.0. The summed E-state index contributed by atoms with van der Waals surface area (Å²) in [6.07, 6.45) is 0.00163. The maximum Gasteiger partial charge on any atom is 0.138 e. The van der Waals surface area contributed by atoms with E-state index in [-0.39, 0.29) is 12.0 Å². The van der Waals surface area contributed by atoms with Crippen molar-refractivity contribution in [1.82, 2.24) is 0 Å². The van der Waals surface area contributed by atoms with Gasteiger partial charge in [0.05, 0.1) is 26.7 Å². The fourth-order valence-electron chi connectivity index (χ4n) is 3.07. The highest BCUT2D eigenvalue weighted by Gasteiger charge is 2.40. The molecule has 0 amide bonds. The van der Waals surface area contributed by atoms with Crippen molar-refractivity contribution in [1.29, 1.82) is 0 Å². The second-order valence-corrected chi connectivity index (χ2v) is 5.26. The molecule has 2 atom stereocenters. The Morgan fingerprint density at radius 1 is 0.905 bits per heavy atom. The first kappa shape index (κ1) is 12.4. The van der Waals surface area contributed by atoms with E-state index < -0.39 is 0 Å². The average molecular weight is 284 g/mol. The molecule has 108 valence electrons. The van der Waals surface area contributed by atoms with Gasteiger partial charge in [0.15, 0.2) is 0 Å². The Hall–Kier alpha value is -2.36. The summed E-state index contributed by atoms with van der Waals surface area (Å²) in [7, 11) is 3.32. The first-order chi connectivity index (χ1) is 10.3. The molecule has 2 aromatic carbocycles. The lowest BCUT2D eigenvalue weighted by Gasteiger charge is -2.28. The van der Waals surface area contributed by atoms with E-state index in [0.29, 0.717) is 6.61 Å². The third-order valence-corrected chi connectivity index (χ3v) is 4.19. The zero-order valence-electron chi connectivity index (χ0n) is 12.0. The minimum Gasteiger partial charge on any atom is -0.497 e. The third-order valence-electron chi connectivity index (χ3n) is 4.19. The van der Waals surface area contributed by atoms with Gasteiger partial charge in [-0.1, -0.05) is 6.07 Å². The summed E-state index contributed by atoms with van der Waals surface area (Å²) in [5.74, 6) is 3.56. The maximum absolute atomic E-state index is 6.15. The smallest absolute Gasteiger partial charge is 0.138 e. The van der Waals surface area contributed by atoms with Gasteiger partial charge in [-0.3, -0.25) is 0 Å². The van der Waals surface area contributed by atoms with Crippen molar-refractivity contribution in [3.63, 3.8) is 0 Å². The molecule has 0 aromatic heterocycles. The van der Waals surface area contributed by atoms with Gasteiger partial charge in [-0.25, -0.2) is 0 Å². The van der Waals surface area contributed by atoms with Gasteiger partial charge in [0.2, 0.25) is 0 Å². The van der Waals surface area contributed by atoms with Gasteiger partial charge < -0.3 is 18.9 Å². The molecule has 4 nitrogen and oxygen atoms in total. The van der Waals surface area contributed by atoms with Crippen LogP contribution in [0.1, 0.15) is 23.1 Å². The standard InChI is InChI=1S/C17H16O4/c1-18-10-4-6-13-15(7-10)20-9-14-12-5-3-11(19-2)8-16(12)21-17(13)14/h3-8,14,17H,9H2,1-2H3/t14-,17+/m1/s1. The van der Waals surface area contributed by atoms with E-state index in [1.54, 1.807) is 14.2 Å².